The highest BCUT2D eigenvalue weighted by Crippen LogP contribution is 2.38. The third-order valence-electron chi connectivity index (χ3n) is 6.83. The van der Waals surface area contributed by atoms with Crippen LogP contribution in [0.2, 0.25) is 10.0 Å². The first-order valence-corrected chi connectivity index (χ1v) is 13.0. The summed E-state index contributed by atoms with van der Waals surface area (Å²) in [5, 5.41) is 12.1. The maximum Gasteiger partial charge on any atom is 0.423 e. The predicted octanol–water partition coefficient (Wildman–Crippen LogP) is 5.50. The van der Waals surface area contributed by atoms with E-state index in [1.807, 2.05) is 12.1 Å². The van der Waals surface area contributed by atoms with Crippen LogP contribution < -0.4 is 9.64 Å². The number of piperazine rings is 1. The summed E-state index contributed by atoms with van der Waals surface area (Å²) in [6, 6.07) is 8.09. The van der Waals surface area contributed by atoms with Gasteiger partial charge in [0.2, 0.25) is 5.91 Å². The fraction of sp³-hybridized carbons (Fsp3) is 0.480. The zero-order valence-corrected chi connectivity index (χ0v) is 21.9. The van der Waals surface area contributed by atoms with E-state index in [0.29, 0.717) is 55.0 Å². The fourth-order valence-corrected chi connectivity index (χ4v) is 5.28. The van der Waals surface area contributed by atoms with E-state index < -0.39 is 22.4 Å². The minimum Gasteiger partial charge on any atom is -0.490 e. The number of anilines is 1. The molecule has 0 saturated carbocycles. The summed E-state index contributed by atoms with van der Waals surface area (Å²) in [6.45, 7) is 4.69. The number of ether oxygens (including phenoxy) is 1. The number of nitro benzene ring substituents is 1. The summed E-state index contributed by atoms with van der Waals surface area (Å²) in [4.78, 5) is 28.8. The molecule has 13 heteroatoms. The molecule has 2 aliphatic heterocycles. The number of likely N-dealkylation sites (tertiary alicyclic amines) is 1. The summed E-state index contributed by atoms with van der Waals surface area (Å²) in [7, 11) is 0. The Kier molecular flexibility index (Phi) is 8.89. The van der Waals surface area contributed by atoms with Crippen LogP contribution >= 0.6 is 23.2 Å². The molecule has 206 valence electrons. The maximum absolute atomic E-state index is 13.2. The third kappa shape index (κ3) is 7.00. The molecule has 0 spiro atoms. The summed E-state index contributed by atoms with van der Waals surface area (Å²) in [5.41, 5.74) is -1.41. The predicted molar refractivity (Wildman–Crippen MR) is 138 cm³/mol. The number of benzene rings is 2. The summed E-state index contributed by atoms with van der Waals surface area (Å²) in [5.74, 6) is -0.0481. The van der Waals surface area contributed by atoms with E-state index in [2.05, 4.69) is 9.80 Å². The zero-order chi connectivity index (χ0) is 27.4. The molecule has 0 aliphatic carbocycles. The average Bonchev–Trinajstić information content (AvgIpc) is 2.87. The molecular weight excluding hydrogens is 548 g/mol. The van der Waals surface area contributed by atoms with Crippen molar-refractivity contribution in [3.8, 4) is 5.75 Å². The van der Waals surface area contributed by atoms with Gasteiger partial charge in [-0.2, -0.15) is 13.2 Å². The van der Waals surface area contributed by atoms with Crippen LogP contribution in [0.5, 0.6) is 5.75 Å². The summed E-state index contributed by atoms with van der Waals surface area (Å²) in [6.07, 6.45) is -3.94. The van der Waals surface area contributed by atoms with Crippen LogP contribution in [0.25, 0.3) is 0 Å². The van der Waals surface area contributed by atoms with Gasteiger partial charge in [0.25, 0.3) is 5.69 Å². The second kappa shape index (κ2) is 12.0. The van der Waals surface area contributed by atoms with Gasteiger partial charge in [-0.25, -0.2) is 0 Å². The Labute approximate surface area is 228 Å². The molecule has 2 fully saturated rings. The first-order chi connectivity index (χ1) is 18.0. The molecule has 38 heavy (non-hydrogen) atoms. The Bertz CT molecular complexity index is 1170. The first-order valence-electron chi connectivity index (χ1n) is 12.2. The van der Waals surface area contributed by atoms with Gasteiger partial charge >= 0.3 is 6.18 Å². The van der Waals surface area contributed by atoms with Crippen LogP contribution in [0.4, 0.5) is 24.5 Å². The number of hydrogen-bond acceptors (Lipinski definition) is 6. The smallest absolute Gasteiger partial charge is 0.423 e. The van der Waals surface area contributed by atoms with Crippen molar-refractivity contribution in [1.82, 2.24) is 9.80 Å². The van der Waals surface area contributed by atoms with Gasteiger partial charge in [-0.15, -0.1) is 0 Å². The zero-order valence-electron chi connectivity index (χ0n) is 20.4. The van der Waals surface area contributed by atoms with Crippen molar-refractivity contribution in [2.75, 3.05) is 50.7 Å². The molecule has 2 aliphatic rings. The second-order valence-electron chi connectivity index (χ2n) is 9.31. The number of rotatable bonds is 7. The normalized spacial score (nSPS) is 17.5. The van der Waals surface area contributed by atoms with Crippen LogP contribution in [0.3, 0.4) is 0 Å². The topological polar surface area (TPSA) is 79.2 Å². The van der Waals surface area contributed by atoms with E-state index in [-0.39, 0.29) is 17.8 Å². The van der Waals surface area contributed by atoms with E-state index in [1.165, 1.54) is 6.07 Å². The molecular formula is C25H27Cl2F3N4O4. The molecule has 8 nitrogen and oxygen atoms in total. The number of hydrogen-bond donors (Lipinski definition) is 0. The van der Waals surface area contributed by atoms with E-state index >= 15 is 0 Å². The Morgan fingerprint density at radius 1 is 1.03 bits per heavy atom. The molecule has 0 N–H and O–H groups in total. The van der Waals surface area contributed by atoms with Crippen LogP contribution in [-0.2, 0) is 11.0 Å². The molecule has 2 saturated heterocycles. The van der Waals surface area contributed by atoms with Crippen molar-refractivity contribution in [2.24, 2.45) is 0 Å². The molecule has 0 radical (unpaired) electrons. The summed E-state index contributed by atoms with van der Waals surface area (Å²) < 4.78 is 45.3. The Balaban J connectivity index is 1.21. The van der Waals surface area contributed by atoms with Gasteiger partial charge in [0, 0.05) is 76.2 Å². The standard InChI is InChI=1S/C25H27Cl2F3N4O4/c26-17-1-3-23(21(27)15-17)32-13-11-31(12-14-32)8-7-24(35)33-9-5-18(6-10-33)38-19-2-4-22(34(36)37)20(16-19)25(28,29)30/h1-4,15-16,18H,5-14H2. The highest BCUT2D eigenvalue weighted by Gasteiger charge is 2.39. The molecule has 2 aromatic carbocycles. The first kappa shape index (κ1) is 28.3. The lowest BCUT2D eigenvalue weighted by molar-refractivity contribution is -0.388. The highest BCUT2D eigenvalue weighted by atomic mass is 35.5. The number of piperidine rings is 1. The lowest BCUT2D eigenvalue weighted by atomic mass is 10.1. The van der Waals surface area contributed by atoms with Gasteiger partial charge < -0.3 is 14.5 Å². The Morgan fingerprint density at radius 3 is 2.32 bits per heavy atom. The van der Waals surface area contributed by atoms with Crippen molar-refractivity contribution < 1.29 is 27.6 Å². The molecule has 2 heterocycles. The number of nitro groups is 1. The molecule has 1 amide bonds. The van der Waals surface area contributed by atoms with Gasteiger partial charge in [-0.1, -0.05) is 23.2 Å². The van der Waals surface area contributed by atoms with Gasteiger partial charge in [0.05, 0.1) is 15.6 Å². The van der Waals surface area contributed by atoms with Crippen LogP contribution in [0.1, 0.15) is 24.8 Å². The molecule has 0 unspecified atom stereocenters. The number of halogens is 5. The number of carbonyl (C=O) groups excluding carboxylic acids is 1. The van der Waals surface area contributed by atoms with Crippen molar-refractivity contribution in [2.45, 2.75) is 31.5 Å². The van der Waals surface area contributed by atoms with E-state index in [1.54, 1.807) is 11.0 Å². The average molecular weight is 575 g/mol. The van der Waals surface area contributed by atoms with E-state index in [9.17, 15) is 28.1 Å². The van der Waals surface area contributed by atoms with Gasteiger partial charge in [-0.05, 0) is 30.3 Å². The lowest BCUT2D eigenvalue weighted by Gasteiger charge is -2.37. The van der Waals surface area contributed by atoms with Gasteiger partial charge in [0.1, 0.15) is 17.4 Å². The quantitative estimate of drug-likeness (QED) is 0.321. The molecule has 4 rings (SSSR count). The second-order valence-corrected chi connectivity index (χ2v) is 10.1. The maximum atomic E-state index is 13.2. The SMILES string of the molecule is O=C(CCN1CCN(c2ccc(Cl)cc2Cl)CC1)N1CCC(Oc2ccc([N+](=O)[O-])c(C(F)(F)F)c2)CC1. The molecule has 0 aromatic heterocycles. The van der Waals surface area contributed by atoms with Crippen molar-refractivity contribution in [3.05, 3.63) is 62.1 Å². The van der Waals surface area contributed by atoms with Gasteiger partial charge in [0.15, 0.2) is 0 Å². The van der Waals surface area contributed by atoms with Crippen molar-refractivity contribution in [1.29, 1.82) is 0 Å². The summed E-state index contributed by atoms with van der Waals surface area (Å²) >= 11 is 12.3. The van der Waals surface area contributed by atoms with Crippen LogP contribution in [0.15, 0.2) is 36.4 Å². The lowest BCUT2D eigenvalue weighted by Crippen LogP contribution is -2.48. The largest absolute Gasteiger partial charge is 0.490 e. The van der Waals surface area contributed by atoms with Gasteiger partial charge in [-0.3, -0.25) is 19.8 Å². The number of alkyl halides is 3. The van der Waals surface area contributed by atoms with Crippen molar-refractivity contribution >= 4 is 40.5 Å². The molecule has 0 atom stereocenters. The molecule has 0 bridgehead atoms. The monoisotopic (exact) mass is 574 g/mol. The van der Waals surface area contributed by atoms with Crippen LogP contribution in [0, 0.1) is 10.1 Å². The number of carbonyl (C=O) groups is 1. The fourth-order valence-electron chi connectivity index (χ4n) is 4.75. The molecule has 2 aromatic rings. The Morgan fingerprint density at radius 2 is 1.71 bits per heavy atom. The highest BCUT2D eigenvalue weighted by molar-refractivity contribution is 6.36. The Hall–Kier alpha value is -2.76. The minimum absolute atomic E-state index is 0.0290. The van der Waals surface area contributed by atoms with E-state index in [0.717, 1.165) is 37.9 Å². The van der Waals surface area contributed by atoms with Crippen LogP contribution in [-0.4, -0.2) is 72.5 Å². The van der Waals surface area contributed by atoms with Crippen molar-refractivity contribution in [3.63, 3.8) is 0 Å². The number of nitrogens with zero attached hydrogens (tertiary/aromatic N) is 4. The van der Waals surface area contributed by atoms with E-state index in [4.69, 9.17) is 27.9 Å². The minimum atomic E-state index is -4.87. The third-order valence-corrected chi connectivity index (χ3v) is 7.37. The number of amides is 1.